The monoisotopic (exact) mass is 270 g/mol. The van der Waals surface area contributed by atoms with Gasteiger partial charge in [-0.15, -0.1) is 0 Å². The molecule has 0 heterocycles. The van der Waals surface area contributed by atoms with E-state index in [0.29, 0.717) is 29.8 Å². The first kappa shape index (κ1) is 14.8. The summed E-state index contributed by atoms with van der Waals surface area (Å²) in [4.78, 5) is 11.5. The molecule has 0 aliphatic heterocycles. The largest absolute Gasteiger partial charge is 0.482 e. The molecule has 5 heteroatoms. The Morgan fingerprint density at radius 3 is 2.78 bits per heavy atom. The number of nitrogens with one attached hydrogen (secondary N) is 1. The third-order valence-corrected chi connectivity index (χ3v) is 2.59. The van der Waals surface area contributed by atoms with E-state index < -0.39 is 0 Å². The number of halogens is 1. The van der Waals surface area contributed by atoms with Gasteiger partial charge in [0.05, 0.1) is 5.02 Å². The lowest BCUT2D eigenvalue weighted by Gasteiger charge is -2.10. The van der Waals surface area contributed by atoms with E-state index in [2.05, 4.69) is 5.32 Å². The highest BCUT2D eigenvalue weighted by Crippen LogP contribution is 2.25. The van der Waals surface area contributed by atoms with Crippen molar-refractivity contribution in [1.29, 1.82) is 0 Å². The summed E-state index contributed by atoms with van der Waals surface area (Å²) in [6, 6.07) is 5.29. The van der Waals surface area contributed by atoms with Crippen LogP contribution in [0.3, 0.4) is 0 Å². The standard InChI is InChI=1S/C13H19ClN2O2/c1-9(2)7-16-13(17)8-18-12-4-3-10(6-15)5-11(12)14/h3-5,9H,6-8,15H2,1-2H3,(H,16,17). The zero-order chi connectivity index (χ0) is 13.5. The fraction of sp³-hybridized carbons (Fsp3) is 0.462. The van der Waals surface area contributed by atoms with Crippen LogP contribution < -0.4 is 15.8 Å². The summed E-state index contributed by atoms with van der Waals surface area (Å²) in [5.41, 5.74) is 6.42. The number of hydrogen-bond donors (Lipinski definition) is 2. The molecule has 0 radical (unpaired) electrons. The van der Waals surface area contributed by atoms with E-state index in [1.807, 2.05) is 19.9 Å². The minimum atomic E-state index is -0.150. The van der Waals surface area contributed by atoms with Crippen molar-refractivity contribution >= 4 is 17.5 Å². The van der Waals surface area contributed by atoms with Gasteiger partial charge in [0, 0.05) is 13.1 Å². The third kappa shape index (κ3) is 4.94. The summed E-state index contributed by atoms with van der Waals surface area (Å²) >= 11 is 6.01. The summed E-state index contributed by atoms with van der Waals surface area (Å²) in [6.45, 7) is 5.10. The first-order valence-electron chi connectivity index (χ1n) is 5.91. The summed E-state index contributed by atoms with van der Waals surface area (Å²) in [6.07, 6.45) is 0. The van der Waals surface area contributed by atoms with Crippen LogP contribution in [0.5, 0.6) is 5.75 Å². The van der Waals surface area contributed by atoms with Crippen molar-refractivity contribution < 1.29 is 9.53 Å². The molecule has 0 fully saturated rings. The highest BCUT2D eigenvalue weighted by molar-refractivity contribution is 6.32. The van der Waals surface area contributed by atoms with Crippen LogP contribution in [-0.2, 0) is 11.3 Å². The Morgan fingerprint density at radius 1 is 1.50 bits per heavy atom. The number of benzene rings is 1. The lowest BCUT2D eigenvalue weighted by molar-refractivity contribution is -0.123. The van der Waals surface area contributed by atoms with Crippen molar-refractivity contribution in [3.05, 3.63) is 28.8 Å². The molecule has 100 valence electrons. The lowest BCUT2D eigenvalue weighted by atomic mass is 10.2. The van der Waals surface area contributed by atoms with Crippen LogP contribution in [0.25, 0.3) is 0 Å². The summed E-state index contributed by atoms with van der Waals surface area (Å²) in [7, 11) is 0. The fourth-order valence-corrected chi connectivity index (χ4v) is 1.56. The maximum Gasteiger partial charge on any atom is 0.257 e. The molecule has 18 heavy (non-hydrogen) atoms. The average molecular weight is 271 g/mol. The number of amides is 1. The Kier molecular flexibility index (Phi) is 5.95. The molecule has 1 aromatic rings. The molecule has 0 spiro atoms. The molecule has 0 bridgehead atoms. The van der Waals surface area contributed by atoms with E-state index in [-0.39, 0.29) is 12.5 Å². The molecule has 0 aromatic heterocycles. The van der Waals surface area contributed by atoms with Gasteiger partial charge in [0.15, 0.2) is 6.61 Å². The summed E-state index contributed by atoms with van der Waals surface area (Å²) in [5.74, 6) is 0.762. The van der Waals surface area contributed by atoms with E-state index in [9.17, 15) is 4.79 Å². The number of nitrogens with two attached hydrogens (primary N) is 1. The van der Waals surface area contributed by atoms with Gasteiger partial charge in [0.2, 0.25) is 0 Å². The van der Waals surface area contributed by atoms with Crippen molar-refractivity contribution in [2.24, 2.45) is 11.7 Å². The van der Waals surface area contributed by atoms with Crippen molar-refractivity contribution in [2.45, 2.75) is 20.4 Å². The van der Waals surface area contributed by atoms with Crippen LogP contribution in [0.1, 0.15) is 19.4 Å². The first-order chi connectivity index (χ1) is 8.52. The van der Waals surface area contributed by atoms with Crippen LogP contribution in [0.15, 0.2) is 18.2 Å². The second-order valence-electron chi connectivity index (χ2n) is 4.46. The zero-order valence-electron chi connectivity index (χ0n) is 10.7. The number of carbonyl (C=O) groups excluding carboxylic acids is 1. The predicted molar refractivity (Wildman–Crippen MR) is 72.7 cm³/mol. The average Bonchev–Trinajstić information content (AvgIpc) is 2.34. The Bertz CT molecular complexity index is 408. The van der Waals surface area contributed by atoms with Crippen LogP contribution in [0.2, 0.25) is 5.02 Å². The van der Waals surface area contributed by atoms with Crippen LogP contribution in [0.4, 0.5) is 0 Å². The Hall–Kier alpha value is -1.26. The van der Waals surface area contributed by atoms with Gasteiger partial charge in [-0.3, -0.25) is 4.79 Å². The van der Waals surface area contributed by atoms with E-state index in [4.69, 9.17) is 22.1 Å². The van der Waals surface area contributed by atoms with Gasteiger partial charge in [-0.05, 0) is 23.6 Å². The van der Waals surface area contributed by atoms with Gasteiger partial charge in [-0.2, -0.15) is 0 Å². The van der Waals surface area contributed by atoms with Gasteiger partial charge in [0.1, 0.15) is 5.75 Å². The maximum atomic E-state index is 11.5. The second-order valence-corrected chi connectivity index (χ2v) is 4.86. The van der Waals surface area contributed by atoms with Gasteiger partial charge in [-0.25, -0.2) is 0 Å². The van der Waals surface area contributed by atoms with Crippen LogP contribution in [0, 0.1) is 5.92 Å². The third-order valence-electron chi connectivity index (χ3n) is 2.30. The molecule has 0 aliphatic carbocycles. The smallest absolute Gasteiger partial charge is 0.257 e. The molecule has 1 rings (SSSR count). The molecular weight excluding hydrogens is 252 g/mol. The minimum absolute atomic E-state index is 0.0333. The van der Waals surface area contributed by atoms with E-state index >= 15 is 0 Å². The zero-order valence-corrected chi connectivity index (χ0v) is 11.5. The molecule has 1 amide bonds. The minimum Gasteiger partial charge on any atom is -0.482 e. The first-order valence-corrected chi connectivity index (χ1v) is 6.28. The number of carbonyl (C=O) groups is 1. The van der Waals surface area contributed by atoms with Gasteiger partial charge in [-0.1, -0.05) is 31.5 Å². The van der Waals surface area contributed by atoms with Crippen molar-refractivity contribution in [2.75, 3.05) is 13.2 Å². The van der Waals surface area contributed by atoms with Gasteiger partial charge < -0.3 is 15.8 Å². The van der Waals surface area contributed by atoms with Crippen molar-refractivity contribution in [1.82, 2.24) is 5.32 Å². The van der Waals surface area contributed by atoms with E-state index in [1.54, 1.807) is 12.1 Å². The predicted octanol–water partition coefficient (Wildman–Crippen LogP) is 1.95. The van der Waals surface area contributed by atoms with Gasteiger partial charge >= 0.3 is 0 Å². The van der Waals surface area contributed by atoms with Crippen LogP contribution in [-0.4, -0.2) is 19.1 Å². The summed E-state index contributed by atoms with van der Waals surface area (Å²) < 4.78 is 5.35. The molecule has 4 nitrogen and oxygen atoms in total. The Balaban J connectivity index is 2.46. The second kappa shape index (κ2) is 7.24. The van der Waals surface area contributed by atoms with E-state index in [1.165, 1.54) is 0 Å². The number of ether oxygens (including phenoxy) is 1. The SMILES string of the molecule is CC(C)CNC(=O)COc1ccc(CN)cc1Cl. The molecule has 0 saturated heterocycles. The molecule has 1 aromatic carbocycles. The molecule has 0 atom stereocenters. The van der Waals surface area contributed by atoms with Crippen molar-refractivity contribution in [3.8, 4) is 5.75 Å². The maximum absolute atomic E-state index is 11.5. The molecule has 0 saturated carbocycles. The molecule has 0 unspecified atom stereocenters. The Morgan fingerprint density at radius 2 is 2.22 bits per heavy atom. The highest BCUT2D eigenvalue weighted by Gasteiger charge is 2.06. The summed E-state index contributed by atoms with van der Waals surface area (Å²) in [5, 5.41) is 3.23. The van der Waals surface area contributed by atoms with Crippen LogP contribution >= 0.6 is 11.6 Å². The quantitative estimate of drug-likeness (QED) is 0.830. The fourth-order valence-electron chi connectivity index (χ4n) is 1.30. The molecular formula is C13H19ClN2O2. The lowest BCUT2D eigenvalue weighted by Crippen LogP contribution is -2.31. The van der Waals surface area contributed by atoms with Gasteiger partial charge in [0.25, 0.3) is 5.91 Å². The van der Waals surface area contributed by atoms with E-state index in [0.717, 1.165) is 5.56 Å². The normalized spacial score (nSPS) is 10.5. The van der Waals surface area contributed by atoms with Crippen molar-refractivity contribution in [3.63, 3.8) is 0 Å². The topological polar surface area (TPSA) is 64.3 Å². The number of rotatable bonds is 6. The number of hydrogen-bond acceptors (Lipinski definition) is 3. The Labute approximate surface area is 112 Å². The molecule has 0 aliphatic rings. The highest BCUT2D eigenvalue weighted by atomic mass is 35.5. The molecule has 3 N–H and O–H groups in total.